The molecule has 0 spiro atoms. The van der Waals surface area contributed by atoms with E-state index in [1.54, 1.807) is 6.07 Å². The third kappa shape index (κ3) is 3.41. The zero-order valence-corrected chi connectivity index (χ0v) is 11.7. The second-order valence-electron chi connectivity index (χ2n) is 4.29. The molecule has 1 heterocycles. The lowest BCUT2D eigenvalue weighted by Crippen LogP contribution is -2.37. The van der Waals surface area contributed by atoms with Gasteiger partial charge in [-0.1, -0.05) is 20.3 Å². The number of nitrogens with one attached hydrogen (secondary N) is 2. The normalized spacial score (nSPS) is 15.1. The second-order valence-corrected chi connectivity index (χ2v) is 5.97. The first-order valence-corrected chi connectivity index (χ1v) is 7.34. The van der Waals surface area contributed by atoms with Crippen LogP contribution in [0.3, 0.4) is 0 Å². The van der Waals surface area contributed by atoms with Crippen molar-refractivity contribution in [1.29, 1.82) is 0 Å². The second kappa shape index (κ2) is 6.12. The number of anilines is 1. The van der Waals surface area contributed by atoms with Crippen LogP contribution in [-0.2, 0) is 10.0 Å². The Morgan fingerprint density at radius 3 is 2.67 bits per heavy atom. The number of rotatable bonds is 6. The van der Waals surface area contributed by atoms with E-state index >= 15 is 0 Å². The fraction of sp³-hybridized carbons (Fsp3) is 0.545. The Kier molecular flexibility index (Phi) is 5.06. The summed E-state index contributed by atoms with van der Waals surface area (Å²) in [7, 11) is -3.61. The van der Waals surface area contributed by atoms with Gasteiger partial charge in [-0.2, -0.15) is 0 Å². The molecule has 2 atom stereocenters. The maximum absolute atomic E-state index is 12.2. The zero-order valence-electron chi connectivity index (χ0n) is 10.8. The van der Waals surface area contributed by atoms with Crippen LogP contribution in [0.25, 0.3) is 0 Å². The van der Waals surface area contributed by atoms with Gasteiger partial charge in [0.25, 0.3) is 0 Å². The molecule has 7 heteroatoms. The van der Waals surface area contributed by atoms with Gasteiger partial charge in [0.05, 0.1) is 0 Å². The third-order valence-corrected chi connectivity index (χ3v) is 4.63. The van der Waals surface area contributed by atoms with Gasteiger partial charge in [0.1, 0.15) is 4.90 Å². The van der Waals surface area contributed by atoms with Crippen molar-refractivity contribution < 1.29 is 8.42 Å². The SMILES string of the molecule is CCC(C)C(C)NS(=O)(=O)c1cccnc1NN. The number of pyridine rings is 1. The molecule has 0 aliphatic rings. The predicted molar refractivity (Wildman–Crippen MR) is 71.3 cm³/mol. The lowest BCUT2D eigenvalue weighted by molar-refractivity contribution is 0.434. The van der Waals surface area contributed by atoms with Gasteiger partial charge in [0.2, 0.25) is 10.0 Å². The molecule has 4 N–H and O–H groups in total. The number of aromatic nitrogens is 1. The Hall–Kier alpha value is -1.18. The van der Waals surface area contributed by atoms with Crippen molar-refractivity contribution in [3.05, 3.63) is 18.3 Å². The lowest BCUT2D eigenvalue weighted by Gasteiger charge is -2.20. The number of nitrogens with zero attached hydrogens (tertiary/aromatic N) is 1. The summed E-state index contributed by atoms with van der Waals surface area (Å²) in [5, 5.41) is 0. The summed E-state index contributed by atoms with van der Waals surface area (Å²) in [6, 6.07) is 2.88. The number of hydrazine groups is 1. The summed E-state index contributed by atoms with van der Waals surface area (Å²) >= 11 is 0. The van der Waals surface area contributed by atoms with Crippen molar-refractivity contribution in [1.82, 2.24) is 9.71 Å². The molecule has 6 nitrogen and oxygen atoms in total. The molecule has 2 unspecified atom stereocenters. The molecule has 0 saturated heterocycles. The quantitative estimate of drug-likeness (QED) is 0.532. The van der Waals surface area contributed by atoms with Crippen LogP contribution in [0.2, 0.25) is 0 Å². The first kappa shape index (κ1) is 14.9. The summed E-state index contributed by atoms with van der Waals surface area (Å²) < 4.78 is 27.0. The summed E-state index contributed by atoms with van der Waals surface area (Å²) in [6.07, 6.45) is 2.38. The maximum Gasteiger partial charge on any atom is 0.244 e. The van der Waals surface area contributed by atoms with Crippen LogP contribution in [0, 0.1) is 5.92 Å². The van der Waals surface area contributed by atoms with E-state index in [1.807, 2.05) is 20.8 Å². The topological polar surface area (TPSA) is 97.1 Å². The van der Waals surface area contributed by atoms with E-state index in [2.05, 4.69) is 15.1 Å². The minimum absolute atomic E-state index is 0.0580. The molecule has 0 bridgehead atoms. The van der Waals surface area contributed by atoms with Gasteiger partial charge in [-0.15, -0.1) is 0 Å². The van der Waals surface area contributed by atoms with Crippen LogP contribution in [0.15, 0.2) is 23.2 Å². The van der Waals surface area contributed by atoms with Crippen LogP contribution in [-0.4, -0.2) is 19.4 Å². The minimum atomic E-state index is -3.61. The van der Waals surface area contributed by atoms with E-state index in [-0.39, 0.29) is 22.7 Å². The largest absolute Gasteiger partial charge is 0.307 e. The number of hydrogen-bond acceptors (Lipinski definition) is 5. The van der Waals surface area contributed by atoms with Gasteiger partial charge in [-0.3, -0.25) is 0 Å². The fourth-order valence-corrected chi connectivity index (χ4v) is 2.97. The molecule has 18 heavy (non-hydrogen) atoms. The van der Waals surface area contributed by atoms with E-state index in [9.17, 15) is 8.42 Å². The molecular formula is C11H20N4O2S. The van der Waals surface area contributed by atoms with Gasteiger partial charge in [0.15, 0.2) is 5.82 Å². The molecule has 0 saturated carbocycles. The van der Waals surface area contributed by atoms with Crippen molar-refractivity contribution in [2.45, 2.75) is 38.1 Å². The van der Waals surface area contributed by atoms with Crippen LogP contribution in [0.5, 0.6) is 0 Å². The summed E-state index contributed by atoms with van der Waals surface area (Å²) in [4.78, 5) is 3.94. The Bertz CT molecular complexity index is 490. The zero-order chi connectivity index (χ0) is 13.8. The summed E-state index contributed by atoms with van der Waals surface area (Å²) in [5.41, 5.74) is 2.29. The highest BCUT2D eigenvalue weighted by atomic mass is 32.2. The van der Waals surface area contributed by atoms with Crippen molar-refractivity contribution in [3.8, 4) is 0 Å². The van der Waals surface area contributed by atoms with Gasteiger partial charge < -0.3 is 5.43 Å². The summed E-state index contributed by atoms with van der Waals surface area (Å²) in [6.45, 7) is 5.86. The average Bonchev–Trinajstić information content (AvgIpc) is 2.37. The maximum atomic E-state index is 12.2. The number of sulfonamides is 1. The van der Waals surface area contributed by atoms with E-state index in [0.717, 1.165) is 6.42 Å². The molecule has 1 aromatic heterocycles. The Labute approximate surface area is 108 Å². The molecule has 0 aromatic carbocycles. The number of hydrogen-bond donors (Lipinski definition) is 3. The highest BCUT2D eigenvalue weighted by Gasteiger charge is 2.23. The van der Waals surface area contributed by atoms with Gasteiger partial charge in [-0.25, -0.2) is 24.0 Å². The Morgan fingerprint density at radius 1 is 1.44 bits per heavy atom. The van der Waals surface area contributed by atoms with Crippen molar-refractivity contribution in [2.24, 2.45) is 11.8 Å². The smallest absolute Gasteiger partial charge is 0.244 e. The molecule has 0 fully saturated rings. The molecule has 1 rings (SSSR count). The standard InChI is InChI=1S/C11H20N4O2S/c1-4-8(2)9(3)15-18(16,17)10-6-5-7-13-11(10)14-12/h5-9,15H,4,12H2,1-3H3,(H,13,14). The van der Waals surface area contributed by atoms with Crippen molar-refractivity contribution in [2.75, 3.05) is 5.43 Å². The fourth-order valence-electron chi connectivity index (χ4n) is 1.49. The molecular weight excluding hydrogens is 252 g/mol. The van der Waals surface area contributed by atoms with E-state index in [0.29, 0.717) is 0 Å². The summed E-state index contributed by atoms with van der Waals surface area (Å²) in [5.74, 6) is 5.65. The van der Waals surface area contributed by atoms with E-state index < -0.39 is 10.0 Å². The molecule has 0 aliphatic heterocycles. The average molecular weight is 272 g/mol. The molecule has 0 amide bonds. The first-order chi connectivity index (χ1) is 8.42. The van der Waals surface area contributed by atoms with E-state index in [1.165, 1.54) is 12.3 Å². The minimum Gasteiger partial charge on any atom is -0.307 e. The molecule has 0 radical (unpaired) electrons. The van der Waals surface area contributed by atoms with Gasteiger partial charge in [0, 0.05) is 12.2 Å². The number of nitrogens with two attached hydrogens (primary N) is 1. The molecule has 1 aromatic rings. The van der Waals surface area contributed by atoms with Crippen molar-refractivity contribution >= 4 is 15.8 Å². The molecule has 0 aliphatic carbocycles. The van der Waals surface area contributed by atoms with Crippen LogP contribution in [0.1, 0.15) is 27.2 Å². The molecule has 102 valence electrons. The van der Waals surface area contributed by atoms with Gasteiger partial charge in [-0.05, 0) is 25.0 Å². The van der Waals surface area contributed by atoms with Gasteiger partial charge >= 0.3 is 0 Å². The first-order valence-electron chi connectivity index (χ1n) is 5.86. The third-order valence-electron chi connectivity index (χ3n) is 3.04. The monoisotopic (exact) mass is 272 g/mol. The highest BCUT2D eigenvalue weighted by Crippen LogP contribution is 2.18. The predicted octanol–water partition coefficient (Wildman–Crippen LogP) is 1.08. The van der Waals surface area contributed by atoms with Crippen LogP contribution < -0.4 is 16.0 Å². The van der Waals surface area contributed by atoms with Crippen molar-refractivity contribution in [3.63, 3.8) is 0 Å². The van der Waals surface area contributed by atoms with E-state index in [4.69, 9.17) is 5.84 Å². The van der Waals surface area contributed by atoms with Crippen LogP contribution >= 0.6 is 0 Å². The van der Waals surface area contributed by atoms with Crippen LogP contribution in [0.4, 0.5) is 5.82 Å². The lowest BCUT2D eigenvalue weighted by atomic mass is 10.0. The highest BCUT2D eigenvalue weighted by molar-refractivity contribution is 7.89. The Morgan fingerprint density at radius 2 is 2.11 bits per heavy atom. The Balaban J connectivity index is 3.00. The number of nitrogen functional groups attached to an aromatic ring is 1.